The molecule has 0 spiro atoms. The third kappa shape index (κ3) is 66.1. The van der Waals surface area contributed by atoms with E-state index in [2.05, 4.69) is 27.7 Å². The largest absolute Gasteiger partial charge is 0.483 e. The summed E-state index contributed by atoms with van der Waals surface area (Å²) in [7, 11) is -8.44. The average molecular weight is 1190 g/mol. The fourth-order valence-electron chi connectivity index (χ4n) is 11.6. The van der Waals surface area contributed by atoms with Crippen LogP contribution < -0.4 is 0 Å². The van der Waals surface area contributed by atoms with Crippen LogP contribution in [0.25, 0.3) is 0 Å². The summed E-state index contributed by atoms with van der Waals surface area (Å²) in [6.45, 7) is 10.1. The lowest BCUT2D eigenvalue weighted by Gasteiger charge is -2.23. The lowest BCUT2D eigenvalue weighted by atomic mass is 10.0. The summed E-state index contributed by atoms with van der Waals surface area (Å²) in [6.07, 6.45) is 82.3. The van der Waals surface area contributed by atoms with Crippen LogP contribution in [0.15, 0.2) is 0 Å². The first-order chi connectivity index (χ1) is 39.9. The highest BCUT2D eigenvalue weighted by atomic mass is 31.3. The molecule has 0 fully saturated rings. The Bertz CT molecular complexity index is 1080. The molecule has 0 unspecified atom stereocenters. The predicted octanol–water partition coefficient (Wildman–Crippen LogP) is 28.3. The lowest BCUT2D eigenvalue weighted by molar-refractivity contribution is 0.105. The van der Waals surface area contributed by atoms with Gasteiger partial charge in [-0.2, -0.15) is 4.31 Å². The maximum Gasteiger partial charge on any atom is 0.483 e. The van der Waals surface area contributed by atoms with Crippen molar-refractivity contribution in [3.05, 3.63) is 0 Å². The van der Waals surface area contributed by atoms with Crippen LogP contribution in [0.5, 0.6) is 0 Å². The van der Waals surface area contributed by atoms with E-state index in [0.717, 1.165) is 77.0 Å². The maximum absolute atomic E-state index is 14.5. The van der Waals surface area contributed by atoms with Gasteiger partial charge in [-0.3, -0.25) is 18.1 Å². The summed E-state index contributed by atoms with van der Waals surface area (Å²) in [5.74, 6) is 0. The van der Waals surface area contributed by atoms with Crippen molar-refractivity contribution in [1.82, 2.24) is 0 Å². The van der Waals surface area contributed by atoms with E-state index >= 15 is 0 Å². The minimum absolute atomic E-state index is 0.243. The van der Waals surface area contributed by atoms with Gasteiger partial charge in [0.15, 0.2) is 0 Å². The van der Waals surface area contributed by atoms with Crippen molar-refractivity contribution in [3.63, 3.8) is 0 Å². The van der Waals surface area contributed by atoms with Crippen LogP contribution in [-0.2, 0) is 31.5 Å². The van der Waals surface area contributed by atoms with Crippen molar-refractivity contribution in [2.75, 3.05) is 26.4 Å². The van der Waals surface area contributed by atoms with Crippen LogP contribution in [0.2, 0.25) is 0 Å². The molecular formula is C72H148O7P2. The number of unbranched alkanes of at least 4 members (excludes halogenated alkanes) is 60. The molecule has 0 rings (SSSR count). The minimum Gasteiger partial charge on any atom is -0.287 e. The number of hydrogen-bond donors (Lipinski definition) is 0. The zero-order valence-corrected chi connectivity index (χ0v) is 57.6. The van der Waals surface area contributed by atoms with Crippen molar-refractivity contribution in [2.24, 2.45) is 0 Å². The molecule has 0 aliphatic rings. The Labute approximate surface area is 509 Å². The molecule has 0 atom stereocenters. The first kappa shape index (κ1) is 81.3. The smallest absolute Gasteiger partial charge is 0.287 e. The van der Waals surface area contributed by atoms with Gasteiger partial charge in [-0.1, -0.05) is 413 Å². The highest BCUT2D eigenvalue weighted by Crippen LogP contribution is 2.66. The van der Waals surface area contributed by atoms with Gasteiger partial charge in [0.2, 0.25) is 0 Å². The van der Waals surface area contributed by atoms with Gasteiger partial charge in [0.25, 0.3) is 0 Å². The van der Waals surface area contributed by atoms with Crippen LogP contribution in [0.4, 0.5) is 0 Å². The number of rotatable bonds is 74. The second kappa shape index (κ2) is 69.4. The van der Waals surface area contributed by atoms with Gasteiger partial charge < -0.3 is 0 Å². The Hall–Kier alpha value is 0.260. The molecule has 0 bridgehead atoms. The maximum atomic E-state index is 14.5. The van der Waals surface area contributed by atoms with Crippen molar-refractivity contribution in [1.29, 1.82) is 0 Å². The van der Waals surface area contributed by atoms with E-state index < -0.39 is 15.6 Å². The summed E-state index contributed by atoms with van der Waals surface area (Å²) in [5.41, 5.74) is 0. The first-order valence-electron chi connectivity index (χ1n) is 37.4. The number of phosphoric ester groups is 2. The molecule has 0 saturated heterocycles. The fourth-order valence-corrected chi connectivity index (χ4v) is 14.9. The number of phosphoric acid groups is 2. The molecular weight excluding hydrogens is 1040 g/mol. The fraction of sp³-hybridized carbons (Fsp3) is 1.00. The van der Waals surface area contributed by atoms with E-state index in [9.17, 15) is 9.13 Å². The van der Waals surface area contributed by atoms with Crippen LogP contribution in [-0.4, -0.2) is 26.4 Å². The molecule has 0 aromatic carbocycles. The van der Waals surface area contributed by atoms with Gasteiger partial charge in [-0.25, -0.2) is 9.13 Å². The van der Waals surface area contributed by atoms with E-state index in [1.165, 1.54) is 334 Å². The predicted molar refractivity (Wildman–Crippen MR) is 358 cm³/mol. The van der Waals surface area contributed by atoms with Crippen molar-refractivity contribution >= 4 is 15.6 Å². The molecule has 81 heavy (non-hydrogen) atoms. The van der Waals surface area contributed by atoms with Crippen molar-refractivity contribution in [2.45, 2.75) is 439 Å². The third-order valence-electron chi connectivity index (χ3n) is 17.2. The summed E-state index contributed by atoms with van der Waals surface area (Å²) >= 11 is 0. The highest BCUT2D eigenvalue weighted by Gasteiger charge is 2.40. The van der Waals surface area contributed by atoms with Gasteiger partial charge in [0, 0.05) is 0 Å². The molecule has 0 radical (unpaired) electrons. The Kier molecular flexibility index (Phi) is 69.6. The lowest BCUT2D eigenvalue weighted by Crippen LogP contribution is -2.07. The molecule has 0 aliphatic heterocycles. The molecule has 7 nitrogen and oxygen atoms in total. The zero-order chi connectivity index (χ0) is 58.6. The molecule has 0 N–H and O–H groups in total. The molecule has 9 heteroatoms. The Morgan fingerprint density at radius 1 is 0.160 bits per heavy atom. The van der Waals surface area contributed by atoms with E-state index in [0.29, 0.717) is 0 Å². The van der Waals surface area contributed by atoms with Gasteiger partial charge >= 0.3 is 15.6 Å². The first-order valence-corrected chi connectivity index (χ1v) is 40.4. The molecule has 488 valence electrons. The van der Waals surface area contributed by atoms with E-state index in [1.807, 2.05) is 0 Å². The number of hydrogen-bond acceptors (Lipinski definition) is 7. The van der Waals surface area contributed by atoms with E-state index in [-0.39, 0.29) is 26.4 Å². The summed E-state index contributed by atoms with van der Waals surface area (Å²) in [5, 5.41) is 0. The molecule has 0 amide bonds. The molecule has 0 aromatic rings. The Morgan fingerprint density at radius 3 is 0.370 bits per heavy atom. The zero-order valence-electron chi connectivity index (χ0n) is 55.8. The van der Waals surface area contributed by atoms with Crippen LogP contribution >= 0.6 is 15.6 Å². The van der Waals surface area contributed by atoms with Gasteiger partial charge in [-0.15, -0.1) is 0 Å². The van der Waals surface area contributed by atoms with E-state index in [1.54, 1.807) is 0 Å². The van der Waals surface area contributed by atoms with Crippen molar-refractivity contribution < 1.29 is 31.5 Å². The van der Waals surface area contributed by atoms with Gasteiger partial charge in [0.05, 0.1) is 26.4 Å². The Balaban J connectivity index is 5.13. The standard InChI is InChI=1S/C72H148O7P2/c1-5-9-13-17-21-25-29-33-37-41-45-49-53-57-61-65-69-75-80(73,76-70-66-62-58-54-50-46-42-38-34-30-26-22-18-14-10-6-2)79-81(74,77-71-67-63-59-55-51-47-43-39-35-31-27-23-19-15-11-7-3)78-72-68-64-60-56-52-48-44-40-36-32-28-24-20-16-12-8-4/h5-72H2,1-4H3. The molecule has 0 heterocycles. The third-order valence-corrected chi connectivity index (χ3v) is 20.8. The second-order valence-electron chi connectivity index (χ2n) is 25.5. The monoisotopic (exact) mass is 1190 g/mol. The summed E-state index contributed by atoms with van der Waals surface area (Å²) in [4.78, 5) is 0. The average Bonchev–Trinajstić information content (AvgIpc) is 3.47. The van der Waals surface area contributed by atoms with E-state index in [4.69, 9.17) is 22.4 Å². The van der Waals surface area contributed by atoms with Crippen molar-refractivity contribution in [3.8, 4) is 0 Å². The SMILES string of the molecule is CCCCCCCCCCCCCCCCCCOP(=O)(OCCCCCCCCCCCCCCCCCC)OP(=O)(OCCCCCCCCCCCCCCCCCC)OCCCCCCCCCCCCCCCCCC. The molecule has 0 aromatic heterocycles. The quantitative estimate of drug-likeness (QED) is 0.0443. The minimum atomic E-state index is -4.22. The van der Waals surface area contributed by atoms with Gasteiger partial charge in [0.1, 0.15) is 0 Å². The summed E-state index contributed by atoms with van der Waals surface area (Å²) in [6, 6.07) is 0. The highest BCUT2D eigenvalue weighted by molar-refractivity contribution is 7.62. The normalized spacial score (nSPS) is 12.2. The Morgan fingerprint density at radius 2 is 0.259 bits per heavy atom. The van der Waals surface area contributed by atoms with Crippen LogP contribution in [0.1, 0.15) is 439 Å². The molecule has 0 saturated carbocycles. The van der Waals surface area contributed by atoms with Crippen LogP contribution in [0, 0.1) is 0 Å². The van der Waals surface area contributed by atoms with Gasteiger partial charge in [-0.05, 0) is 25.7 Å². The summed E-state index contributed by atoms with van der Waals surface area (Å²) < 4.78 is 59.1. The second-order valence-corrected chi connectivity index (χ2v) is 29.0. The topological polar surface area (TPSA) is 80.3 Å². The van der Waals surface area contributed by atoms with Crippen LogP contribution in [0.3, 0.4) is 0 Å². The molecule has 0 aliphatic carbocycles.